The van der Waals surface area contributed by atoms with Gasteiger partial charge < -0.3 is 4.90 Å². The first-order chi connectivity index (χ1) is 13.1. The van der Waals surface area contributed by atoms with Crippen molar-refractivity contribution >= 4 is 22.8 Å². The number of aromatic amines is 1. The number of carbonyl (C=O) groups excluding carboxylic acids is 1. The summed E-state index contributed by atoms with van der Waals surface area (Å²) in [7, 11) is 0. The van der Waals surface area contributed by atoms with Gasteiger partial charge in [-0.2, -0.15) is 10.4 Å². The quantitative estimate of drug-likeness (QED) is 0.726. The number of hydrogen-bond donors (Lipinski definition) is 2. The molecule has 1 aliphatic rings. The molecule has 1 aromatic heterocycles. The number of amides is 2. The molecule has 4 rings (SSSR count). The summed E-state index contributed by atoms with van der Waals surface area (Å²) in [6.07, 6.45) is 1.01. The molecule has 0 radical (unpaired) electrons. The Labute approximate surface area is 155 Å². The first-order valence-corrected chi connectivity index (χ1v) is 8.78. The van der Waals surface area contributed by atoms with E-state index in [1.54, 1.807) is 17.0 Å². The van der Waals surface area contributed by atoms with Gasteiger partial charge in [0.1, 0.15) is 5.82 Å². The van der Waals surface area contributed by atoms with Crippen LogP contribution in [0, 0.1) is 17.1 Å². The van der Waals surface area contributed by atoms with Crippen molar-refractivity contribution < 1.29 is 9.18 Å². The molecule has 1 fully saturated rings. The Morgan fingerprint density at radius 3 is 2.59 bits per heavy atom. The zero-order valence-corrected chi connectivity index (χ0v) is 14.6. The lowest BCUT2D eigenvalue weighted by molar-refractivity contribution is 0.183. The maximum Gasteiger partial charge on any atom is 0.323 e. The Balaban J connectivity index is 1.46. The first kappa shape index (κ1) is 17.0. The molecule has 0 spiro atoms. The Bertz CT molecular complexity index is 1010. The lowest BCUT2D eigenvalue weighted by Crippen LogP contribution is -2.46. The topological polar surface area (TPSA) is 84.8 Å². The van der Waals surface area contributed by atoms with Crippen LogP contribution in [0.4, 0.5) is 15.0 Å². The fourth-order valence-electron chi connectivity index (χ4n) is 3.56. The van der Waals surface area contributed by atoms with Crippen LogP contribution in [0.2, 0.25) is 0 Å². The second kappa shape index (κ2) is 6.72. The molecule has 7 heteroatoms. The van der Waals surface area contributed by atoms with Gasteiger partial charge in [0.05, 0.1) is 17.0 Å². The maximum atomic E-state index is 13.2. The van der Waals surface area contributed by atoms with Crippen LogP contribution in [-0.2, 0) is 5.41 Å². The van der Waals surface area contributed by atoms with Gasteiger partial charge in [0.15, 0.2) is 5.82 Å². The van der Waals surface area contributed by atoms with Crippen LogP contribution in [0.1, 0.15) is 18.4 Å². The Hall–Kier alpha value is -3.40. The van der Waals surface area contributed by atoms with E-state index in [2.05, 4.69) is 21.6 Å². The molecule has 2 aromatic carbocycles. The highest BCUT2D eigenvalue weighted by atomic mass is 19.1. The van der Waals surface area contributed by atoms with Gasteiger partial charge in [0.25, 0.3) is 0 Å². The summed E-state index contributed by atoms with van der Waals surface area (Å²) >= 11 is 0. The first-order valence-electron chi connectivity index (χ1n) is 8.78. The molecule has 27 heavy (non-hydrogen) atoms. The number of hydrogen-bond acceptors (Lipinski definition) is 3. The second-order valence-corrected chi connectivity index (χ2v) is 6.74. The monoisotopic (exact) mass is 363 g/mol. The van der Waals surface area contributed by atoms with E-state index >= 15 is 0 Å². The summed E-state index contributed by atoms with van der Waals surface area (Å²) in [5.74, 6) is 0.168. The minimum atomic E-state index is -0.691. The van der Waals surface area contributed by atoms with Gasteiger partial charge in [-0.3, -0.25) is 10.4 Å². The molecular formula is C20H18FN5O. The van der Waals surface area contributed by atoms with Crippen LogP contribution in [-0.4, -0.2) is 34.2 Å². The summed E-state index contributed by atoms with van der Waals surface area (Å²) in [5.41, 5.74) is 0.958. The fraction of sp³-hybridized carbons (Fsp3) is 0.250. The zero-order valence-electron chi connectivity index (χ0n) is 14.6. The smallest absolute Gasteiger partial charge is 0.323 e. The molecule has 0 aliphatic carbocycles. The minimum Gasteiger partial charge on any atom is -0.324 e. The van der Waals surface area contributed by atoms with E-state index in [1.807, 2.05) is 24.3 Å². The normalized spacial score (nSPS) is 16.1. The number of fused-ring (bicyclic) bond motifs is 1. The van der Waals surface area contributed by atoms with E-state index in [0.29, 0.717) is 31.7 Å². The predicted molar refractivity (Wildman–Crippen MR) is 99.6 cm³/mol. The highest BCUT2D eigenvalue weighted by Crippen LogP contribution is 2.35. The molecule has 2 amide bonds. The molecule has 136 valence electrons. The standard InChI is InChI=1S/C20H18FN5O/c21-15-7-5-14(6-8-15)20(13-22)9-11-26(12-10-20)19(27)23-18-16-3-1-2-4-17(16)24-25-18/h1-8H,9-12H2,(H2,23,24,25,27). The fourth-order valence-corrected chi connectivity index (χ4v) is 3.56. The molecule has 2 heterocycles. The molecule has 1 saturated heterocycles. The molecule has 2 N–H and O–H groups in total. The van der Waals surface area contributed by atoms with Crippen LogP contribution in [0.25, 0.3) is 10.9 Å². The van der Waals surface area contributed by atoms with Gasteiger partial charge in [0.2, 0.25) is 0 Å². The van der Waals surface area contributed by atoms with Crippen molar-refractivity contribution in [2.24, 2.45) is 0 Å². The van der Waals surface area contributed by atoms with Gasteiger partial charge in [0, 0.05) is 18.5 Å². The Morgan fingerprint density at radius 2 is 1.89 bits per heavy atom. The molecular weight excluding hydrogens is 345 g/mol. The number of nitrogens with one attached hydrogen (secondary N) is 2. The van der Waals surface area contributed by atoms with Crippen molar-refractivity contribution in [3.63, 3.8) is 0 Å². The molecule has 3 aromatic rings. The number of urea groups is 1. The van der Waals surface area contributed by atoms with E-state index < -0.39 is 5.41 Å². The van der Waals surface area contributed by atoms with Crippen molar-refractivity contribution in [2.45, 2.75) is 18.3 Å². The summed E-state index contributed by atoms with van der Waals surface area (Å²) in [6.45, 7) is 0.887. The lowest BCUT2D eigenvalue weighted by atomic mass is 9.74. The molecule has 1 aliphatic heterocycles. The van der Waals surface area contributed by atoms with E-state index in [-0.39, 0.29) is 11.8 Å². The average molecular weight is 363 g/mol. The highest BCUT2D eigenvalue weighted by molar-refractivity contribution is 5.98. The van der Waals surface area contributed by atoms with E-state index in [0.717, 1.165) is 16.5 Å². The van der Waals surface area contributed by atoms with Crippen LogP contribution >= 0.6 is 0 Å². The summed E-state index contributed by atoms with van der Waals surface area (Å²) in [4.78, 5) is 14.3. The van der Waals surface area contributed by atoms with Gasteiger partial charge in [-0.25, -0.2) is 9.18 Å². The van der Waals surface area contributed by atoms with Gasteiger partial charge in [-0.05, 0) is 42.7 Å². The minimum absolute atomic E-state index is 0.238. The summed E-state index contributed by atoms with van der Waals surface area (Å²) in [6, 6.07) is 15.8. The third-order valence-electron chi connectivity index (χ3n) is 5.21. The number of likely N-dealkylation sites (tertiary alicyclic amines) is 1. The number of para-hydroxylation sites is 1. The maximum absolute atomic E-state index is 13.2. The van der Waals surface area contributed by atoms with Crippen LogP contribution in [0.3, 0.4) is 0 Å². The number of piperidine rings is 1. The number of carbonyl (C=O) groups is 1. The zero-order chi connectivity index (χ0) is 18.9. The van der Waals surface area contributed by atoms with Crippen molar-refractivity contribution in [3.8, 4) is 6.07 Å². The third-order valence-corrected chi connectivity index (χ3v) is 5.21. The number of rotatable bonds is 2. The van der Waals surface area contributed by atoms with Crippen molar-refractivity contribution in [2.75, 3.05) is 18.4 Å². The number of anilines is 1. The molecule has 0 bridgehead atoms. The van der Waals surface area contributed by atoms with Crippen molar-refractivity contribution in [3.05, 3.63) is 59.9 Å². The highest BCUT2D eigenvalue weighted by Gasteiger charge is 2.37. The number of H-pyrrole nitrogens is 1. The Morgan fingerprint density at radius 1 is 1.19 bits per heavy atom. The number of nitrogens with zero attached hydrogens (tertiary/aromatic N) is 3. The number of nitriles is 1. The van der Waals surface area contributed by atoms with E-state index in [1.165, 1.54) is 12.1 Å². The third kappa shape index (κ3) is 3.10. The average Bonchev–Trinajstić information content (AvgIpc) is 3.11. The van der Waals surface area contributed by atoms with Crippen molar-refractivity contribution in [1.29, 1.82) is 5.26 Å². The number of halogens is 1. The molecule has 0 saturated carbocycles. The van der Waals surface area contributed by atoms with Crippen LogP contribution in [0.15, 0.2) is 48.5 Å². The second-order valence-electron chi connectivity index (χ2n) is 6.74. The summed E-state index contributed by atoms with van der Waals surface area (Å²) in [5, 5.41) is 20.5. The van der Waals surface area contributed by atoms with Crippen LogP contribution < -0.4 is 5.32 Å². The van der Waals surface area contributed by atoms with E-state index in [9.17, 15) is 14.4 Å². The summed E-state index contributed by atoms with van der Waals surface area (Å²) < 4.78 is 13.2. The molecule has 0 unspecified atom stereocenters. The molecule has 0 atom stereocenters. The SMILES string of the molecule is N#CC1(c2ccc(F)cc2)CCN(C(=O)Nc2n[nH]c3ccccc23)CC1. The van der Waals surface area contributed by atoms with Gasteiger partial charge >= 0.3 is 6.03 Å². The van der Waals surface area contributed by atoms with E-state index in [4.69, 9.17) is 0 Å². The van der Waals surface area contributed by atoms with Crippen LogP contribution in [0.5, 0.6) is 0 Å². The lowest BCUT2D eigenvalue weighted by Gasteiger charge is -2.37. The number of aromatic nitrogens is 2. The molecule has 6 nitrogen and oxygen atoms in total. The predicted octanol–water partition coefficient (Wildman–Crippen LogP) is 3.79. The van der Waals surface area contributed by atoms with Gasteiger partial charge in [-0.1, -0.05) is 24.3 Å². The largest absolute Gasteiger partial charge is 0.324 e. The number of benzene rings is 2. The van der Waals surface area contributed by atoms with Gasteiger partial charge in [-0.15, -0.1) is 0 Å². The van der Waals surface area contributed by atoms with Crippen molar-refractivity contribution in [1.82, 2.24) is 15.1 Å². The Kier molecular flexibility index (Phi) is 4.24.